The van der Waals surface area contributed by atoms with Gasteiger partial charge in [-0.3, -0.25) is 4.55 Å². The Kier molecular flexibility index (Phi) is 11.4. The highest BCUT2D eigenvalue weighted by molar-refractivity contribution is 7.87. The molecule has 0 amide bonds. The molecule has 0 atom stereocenters. The van der Waals surface area contributed by atoms with Crippen LogP contribution < -0.4 is 5.73 Å². The first-order valence-corrected chi connectivity index (χ1v) is 10.3. The van der Waals surface area contributed by atoms with Gasteiger partial charge in [-0.1, -0.05) is 6.08 Å². The normalized spacial score (nSPS) is 15.2. The van der Waals surface area contributed by atoms with E-state index in [-0.39, 0.29) is 0 Å². The second-order valence-electron chi connectivity index (χ2n) is 6.91. The van der Waals surface area contributed by atoms with E-state index in [1.165, 1.54) is 0 Å². The summed E-state index contributed by atoms with van der Waals surface area (Å²) in [7, 11) is -7.81. The molecule has 0 saturated heterocycles. The third-order valence-corrected chi connectivity index (χ3v) is 5.00. The van der Waals surface area contributed by atoms with Crippen molar-refractivity contribution in [2.45, 2.75) is 72.6 Å². The van der Waals surface area contributed by atoms with Crippen molar-refractivity contribution in [3.63, 3.8) is 0 Å². The van der Waals surface area contributed by atoms with Crippen LogP contribution in [-0.4, -0.2) is 66.5 Å². The van der Waals surface area contributed by atoms with Crippen LogP contribution in [0.25, 0.3) is 0 Å². The molecule has 224 valence electrons. The SMILES string of the molecule is C=CCN.O=S(=O)(O)C(F)(F)C(F)(F)C(F)(F)C(F)(F)C(F)(F)C(F)(F)C(F)(F)CCCCC(F)(F)F. The lowest BCUT2D eigenvalue weighted by Crippen LogP contribution is -2.73. The number of rotatable bonds is 12. The zero-order chi connectivity index (χ0) is 30.7. The van der Waals surface area contributed by atoms with Gasteiger partial charge < -0.3 is 5.73 Å². The molecule has 0 unspecified atom stereocenters. The number of nitrogens with two attached hydrogens (primary N) is 1. The Hall–Kier alpha value is -1.58. The average molecular weight is 613 g/mol. The topological polar surface area (TPSA) is 80.4 Å². The fraction of sp³-hybridized carbons (Fsp3) is 0.867. The van der Waals surface area contributed by atoms with Gasteiger partial charge in [-0.25, -0.2) is 0 Å². The molecule has 0 heterocycles. The molecule has 0 aliphatic carbocycles. The minimum Gasteiger partial charge on any atom is -0.327 e. The Balaban J connectivity index is 0. The van der Waals surface area contributed by atoms with Gasteiger partial charge in [0.1, 0.15) is 0 Å². The van der Waals surface area contributed by atoms with E-state index in [0.29, 0.717) is 6.54 Å². The highest BCUT2D eigenvalue weighted by Crippen LogP contribution is 2.63. The number of hydrogen-bond acceptors (Lipinski definition) is 3. The molecule has 0 aromatic carbocycles. The Morgan fingerprint density at radius 1 is 0.622 bits per heavy atom. The number of alkyl halides is 17. The molecule has 0 fully saturated rings. The van der Waals surface area contributed by atoms with Crippen LogP contribution in [0.2, 0.25) is 0 Å². The summed E-state index contributed by atoms with van der Waals surface area (Å²) >= 11 is 0. The molecule has 4 nitrogen and oxygen atoms in total. The van der Waals surface area contributed by atoms with E-state index in [2.05, 4.69) is 6.58 Å². The molecular weight excluding hydrogens is 597 g/mol. The van der Waals surface area contributed by atoms with Crippen molar-refractivity contribution in [2.24, 2.45) is 5.73 Å². The first kappa shape index (κ1) is 37.6. The van der Waals surface area contributed by atoms with Crippen LogP contribution in [-0.2, 0) is 10.1 Å². The zero-order valence-electron chi connectivity index (χ0n) is 17.5. The van der Waals surface area contributed by atoms with Gasteiger partial charge in [-0.05, 0) is 12.8 Å². The van der Waals surface area contributed by atoms with Gasteiger partial charge in [-0.2, -0.15) is 83.1 Å². The van der Waals surface area contributed by atoms with Gasteiger partial charge in [0.15, 0.2) is 0 Å². The van der Waals surface area contributed by atoms with Crippen LogP contribution in [0.4, 0.5) is 74.6 Å². The summed E-state index contributed by atoms with van der Waals surface area (Å²) in [6, 6.07) is 0. The second-order valence-corrected chi connectivity index (χ2v) is 8.38. The summed E-state index contributed by atoms with van der Waals surface area (Å²) in [6.45, 7) is 3.94. The molecule has 3 N–H and O–H groups in total. The van der Waals surface area contributed by atoms with Crippen molar-refractivity contribution >= 4 is 10.1 Å². The van der Waals surface area contributed by atoms with Crippen molar-refractivity contribution in [1.29, 1.82) is 0 Å². The molecule has 22 heteroatoms. The predicted molar refractivity (Wildman–Crippen MR) is 90.0 cm³/mol. The number of halogens is 17. The molecule has 0 aromatic rings. The van der Waals surface area contributed by atoms with Crippen molar-refractivity contribution < 1.29 is 87.6 Å². The van der Waals surface area contributed by atoms with E-state index in [4.69, 9.17) is 10.3 Å². The summed E-state index contributed by atoms with van der Waals surface area (Å²) in [5, 5.41) is -7.72. The van der Waals surface area contributed by atoms with Gasteiger partial charge in [0.25, 0.3) is 0 Å². The van der Waals surface area contributed by atoms with Crippen molar-refractivity contribution in [2.75, 3.05) is 6.54 Å². The van der Waals surface area contributed by atoms with Crippen LogP contribution in [0.1, 0.15) is 25.7 Å². The summed E-state index contributed by atoms with van der Waals surface area (Å²) in [6.07, 6.45) is -11.5. The fourth-order valence-corrected chi connectivity index (χ4v) is 2.45. The van der Waals surface area contributed by atoms with E-state index in [0.717, 1.165) is 0 Å². The maximum absolute atomic E-state index is 13.5. The van der Waals surface area contributed by atoms with Crippen molar-refractivity contribution in [3.8, 4) is 0 Å². The monoisotopic (exact) mass is 613 g/mol. The maximum Gasteiger partial charge on any atom is 0.438 e. The number of hydrogen-bond donors (Lipinski definition) is 2. The summed E-state index contributed by atoms with van der Waals surface area (Å²) in [5.41, 5.74) is 4.91. The number of unbranched alkanes of at least 4 members (excludes halogenated alkanes) is 1. The van der Waals surface area contributed by atoms with E-state index >= 15 is 0 Å². The third-order valence-electron chi connectivity index (χ3n) is 4.09. The van der Waals surface area contributed by atoms with E-state index < -0.39 is 82.8 Å². The van der Waals surface area contributed by atoms with E-state index in [1.54, 1.807) is 6.08 Å². The van der Waals surface area contributed by atoms with Gasteiger partial charge >= 0.3 is 57.1 Å². The molecule has 0 aromatic heterocycles. The summed E-state index contributed by atoms with van der Waals surface area (Å²) in [5.74, 6) is -48.1. The quantitative estimate of drug-likeness (QED) is 0.114. The Bertz CT molecular complexity index is 868. The second kappa shape index (κ2) is 11.3. The minimum absolute atomic E-state index is 0.583. The molecule has 0 spiro atoms. The van der Waals surface area contributed by atoms with Gasteiger partial charge in [-0.15, -0.1) is 6.58 Å². The Morgan fingerprint density at radius 3 is 1.22 bits per heavy atom. The molecule has 0 aliphatic rings. The first-order valence-electron chi connectivity index (χ1n) is 8.86. The highest BCUT2D eigenvalue weighted by atomic mass is 32.2. The van der Waals surface area contributed by atoms with Gasteiger partial charge in [0.2, 0.25) is 0 Å². The average Bonchev–Trinajstić information content (AvgIpc) is 2.69. The summed E-state index contributed by atoms with van der Waals surface area (Å²) in [4.78, 5) is 0. The molecule has 0 bridgehead atoms. The lowest BCUT2D eigenvalue weighted by atomic mass is 9.89. The van der Waals surface area contributed by atoms with E-state index in [9.17, 15) is 83.1 Å². The predicted octanol–water partition coefficient (Wildman–Crippen LogP) is 6.53. The Labute approximate surface area is 196 Å². The largest absolute Gasteiger partial charge is 0.438 e. The molecule has 0 rings (SSSR count). The minimum atomic E-state index is -8.56. The van der Waals surface area contributed by atoms with Crippen LogP contribution in [0.3, 0.4) is 0 Å². The molecule has 0 radical (unpaired) electrons. The molecule has 37 heavy (non-hydrogen) atoms. The van der Waals surface area contributed by atoms with Crippen molar-refractivity contribution in [3.05, 3.63) is 12.7 Å². The molecule has 0 aliphatic heterocycles. The maximum atomic E-state index is 13.5. The molecule has 0 saturated carbocycles. The molecular formula is C15H16F17NO3S. The van der Waals surface area contributed by atoms with Crippen LogP contribution in [0, 0.1) is 0 Å². The van der Waals surface area contributed by atoms with Crippen LogP contribution in [0.5, 0.6) is 0 Å². The van der Waals surface area contributed by atoms with Crippen LogP contribution >= 0.6 is 0 Å². The lowest BCUT2D eigenvalue weighted by Gasteiger charge is -2.42. The smallest absolute Gasteiger partial charge is 0.327 e. The van der Waals surface area contributed by atoms with Crippen molar-refractivity contribution in [1.82, 2.24) is 0 Å². The fourth-order valence-electron chi connectivity index (χ4n) is 2.00. The first-order chi connectivity index (χ1) is 15.9. The van der Waals surface area contributed by atoms with Crippen LogP contribution in [0.15, 0.2) is 12.7 Å². The van der Waals surface area contributed by atoms with Gasteiger partial charge in [0, 0.05) is 19.4 Å². The van der Waals surface area contributed by atoms with Gasteiger partial charge in [0.05, 0.1) is 0 Å². The Morgan fingerprint density at radius 2 is 0.919 bits per heavy atom. The third kappa shape index (κ3) is 7.09. The standard InChI is InChI=1S/C12H9F17O3S.C3H7N/c13-5(14,3-1-2-4-6(15,16)17)7(18,19)8(20,21)9(22,23)10(24,25)11(26,27)12(28,29)33(30,31)32;1-2-3-4/h1-4H2,(H,30,31,32);2H,1,3-4H2. The highest BCUT2D eigenvalue weighted by Gasteiger charge is 2.94. The van der Waals surface area contributed by atoms with E-state index in [1.807, 2.05) is 0 Å². The summed E-state index contributed by atoms with van der Waals surface area (Å²) < 4.78 is 250. The lowest BCUT2D eigenvalue weighted by molar-refractivity contribution is -0.436. The zero-order valence-corrected chi connectivity index (χ0v) is 18.3.